The number of carbonyl (C=O) groups excluding carboxylic acids is 1. The van der Waals surface area contributed by atoms with Gasteiger partial charge in [0, 0.05) is 11.3 Å². The van der Waals surface area contributed by atoms with Crippen molar-refractivity contribution in [1.29, 1.82) is 0 Å². The highest BCUT2D eigenvalue weighted by Gasteiger charge is 2.30. The number of hydrogen-bond acceptors (Lipinski definition) is 7. The number of aromatic amines is 1. The van der Waals surface area contributed by atoms with Crippen LogP contribution in [0.5, 0.6) is 5.75 Å². The topological polar surface area (TPSA) is 124 Å². The van der Waals surface area contributed by atoms with Crippen LogP contribution in [-0.4, -0.2) is 51.9 Å². The molecule has 10 heteroatoms. The molecule has 2 N–H and O–H groups in total. The van der Waals surface area contributed by atoms with Crippen molar-refractivity contribution >= 4 is 22.7 Å². The lowest BCUT2D eigenvalue weighted by Crippen LogP contribution is -2.49. The molecule has 0 spiro atoms. The maximum Gasteiger partial charge on any atom is 0.286 e. The highest BCUT2D eigenvalue weighted by Crippen LogP contribution is 2.32. The molecule has 2 aromatic carbocycles. The molecule has 0 bridgehead atoms. The third-order valence-corrected chi connectivity index (χ3v) is 6.03. The van der Waals surface area contributed by atoms with E-state index in [1.54, 1.807) is 18.2 Å². The SMILES string of the molecule is COc1cccc2oc(-c3c(C(=O)NC4COC4)nc4c(-c5ccccc5)c(C)[nH]n4c3=O)nc12. The number of methoxy groups -OCH3 is 1. The van der Waals surface area contributed by atoms with Gasteiger partial charge in [-0.3, -0.25) is 14.7 Å². The molecule has 176 valence electrons. The van der Waals surface area contributed by atoms with Gasteiger partial charge in [0.1, 0.15) is 17.0 Å². The molecule has 5 aromatic rings. The molecule has 0 aliphatic carbocycles. The first-order chi connectivity index (χ1) is 17.0. The van der Waals surface area contributed by atoms with Crippen LogP contribution in [-0.2, 0) is 4.74 Å². The molecule has 0 radical (unpaired) electrons. The average Bonchev–Trinajstić information content (AvgIpc) is 3.42. The zero-order valence-electron chi connectivity index (χ0n) is 19.0. The van der Waals surface area contributed by atoms with Crippen LogP contribution >= 0.6 is 0 Å². The van der Waals surface area contributed by atoms with Crippen molar-refractivity contribution in [1.82, 2.24) is 24.9 Å². The Balaban J connectivity index is 1.62. The quantitative estimate of drug-likeness (QED) is 0.404. The molecule has 0 unspecified atom stereocenters. The number of hydrogen-bond donors (Lipinski definition) is 2. The van der Waals surface area contributed by atoms with Crippen LogP contribution in [0.15, 0.2) is 57.7 Å². The Kier molecular flexibility index (Phi) is 4.89. The van der Waals surface area contributed by atoms with Crippen LogP contribution in [0.4, 0.5) is 0 Å². The van der Waals surface area contributed by atoms with Crippen molar-refractivity contribution in [3.63, 3.8) is 0 Å². The summed E-state index contributed by atoms with van der Waals surface area (Å²) in [6.45, 7) is 2.66. The standard InChI is InChI=1S/C25H21N5O5/c1-13-18(14-7-4-3-5-8-14)22-27-21(23(31)26-15-11-34-12-15)19(25(32)30(22)29-13)24-28-20-16(33-2)9-6-10-17(20)35-24/h3-10,15,29H,11-12H2,1-2H3,(H,26,31). The maximum atomic E-state index is 13.8. The molecule has 1 saturated heterocycles. The Morgan fingerprint density at radius 3 is 2.63 bits per heavy atom. The van der Waals surface area contributed by atoms with E-state index in [-0.39, 0.29) is 23.2 Å². The molecule has 1 amide bonds. The van der Waals surface area contributed by atoms with Crippen molar-refractivity contribution in [3.8, 4) is 28.3 Å². The third-order valence-electron chi connectivity index (χ3n) is 6.03. The number of nitrogens with one attached hydrogen (secondary N) is 2. The van der Waals surface area contributed by atoms with Gasteiger partial charge in [-0.15, -0.1) is 0 Å². The lowest BCUT2D eigenvalue weighted by atomic mass is 10.1. The first-order valence-corrected chi connectivity index (χ1v) is 11.1. The average molecular weight is 471 g/mol. The van der Waals surface area contributed by atoms with Crippen LogP contribution in [0.3, 0.4) is 0 Å². The lowest BCUT2D eigenvalue weighted by Gasteiger charge is -2.26. The Hall–Kier alpha value is -4.44. The molecule has 1 aliphatic rings. The van der Waals surface area contributed by atoms with Gasteiger partial charge in [-0.25, -0.2) is 14.5 Å². The van der Waals surface area contributed by atoms with Gasteiger partial charge in [-0.1, -0.05) is 36.4 Å². The number of aromatic nitrogens is 4. The molecule has 6 rings (SSSR count). The van der Waals surface area contributed by atoms with Crippen molar-refractivity contribution in [2.24, 2.45) is 0 Å². The number of rotatable bonds is 5. The van der Waals surface area contributed by atoms with E-state index in [2.05, 4.69) is 20.4 Å². The van der Waals surface area contributed by atoms with Gasteiger partial charge in [-0.2, -0.15) is 0 Å². The molecule has 0 saturated carbocycles. The van der Waals surface area contributed by atoms with E-state index >= 15 is 0 Å². The van der Waals surface area contributed by atoms with Gasteiger partial charge in [0.15, 0.2) is 16.7 Å². The predicted molar refractivity (Wildman–Crippen MR) is 128 cm³/mol. The number of fused-ring (bicyclic) bond motifs is 2. The van der Waals surface area contributed by atoms with Gasteiger partial charge in [-0.05, 0) is 24.6 Å². The summed E-state index contributed by atoms with van der Waals surface area (Å²) in [6, 6.07) is 14.6. The van der Waals surface area contributed by atoms with Crippen molar-refractivity contribution < 1.29 is 18.7 Å². The number of oxazole rings is 1. The first kappa shape index (κ1) is 21.1. The second-order valence-electron chi connectivity index (χ2n) is 8.31. The van der Waals surface area contributed by atoms with Gasteiger partial charge in [0.05, 0.1) is 26.4 Å². The summed E-state index contributed by atoms with van der Waals surface area (Å²) in [7, 11) is 1.53. The molecule has 3 aromatic heterocycles. The molecule has 35 heavy (non-hydrogen) atoms. The predicted octanol–water partition coefficient (Wildman–Crippen LogP) is 2.94. The lowest BCUT2D eigenvalue weighted by molar-refractivity contribution is -0.00353. The minimum atomic E-state index is -0.500. The third kappa shape index (κ3) is 3.38. The fourth-order valence-corrected chi connectivity index (χ4v) is 4.26. The van der Waals surface area contributed by atoms with Gasteiger partial charge < -0.3 is 19.2 Å². The zero-order valence-corrected chi connectivity index (χ0v) is 19.0. The summed E-state index contributed by atoms with van der Waals surface area (Å²) >= 11 is 0. The molecule has 1 aliphatic heterocycles. The number of amides is 1. The largest absolute Gasteiger partial charge is 0.494 e. The molecule has 1 fully saturated rings. The van der Waals surface area contributed by atoms with Crippen LogP contribution in [0, 0.1) is 6.92 Å². The summed E-state index contributed by atoms with van der Waals surface area (Å²) in [6.07, 6.45) is 0. The summed E-state index contributed by atoms with van der Waals surface area (Å²) in [4.78, 5) is 36.3. The normalized spacial score (nSPS) is 13.8. The number of carbonyl (C=O) groups is 1. The molecule has 4 heterocycles. The van der Waals surface area contributed by atoms with Crippen molar-refractivity contribution in [2.75, 3.05) is 20.3 Å². The Labute approximate surface area is 198 Å². The minimum absolute atomic E-state index is 0.0140. The van der Waals surface area contributed by atoms with Crippen LogP contribution in [0.25, 0.3) is 39.3 Å². The second kappa shape index (κ2) is 8.10. The highest BCUT2D eigenvalue weighted by atomic mass is 16.5. The van der Waals surface area contributed by atoms with Gasteiger partial charge in [0.2, 0.25) is 5.89 Å². The van der Waals surface area contributed by atoms with E-state index in [1.807, 2.05) is 37.3 Å². The number of nitrogens with zero attached hydrogens (tertiary/aromatic N) is 3. The number of ether oxygens (including phenoxy) is 2. The number of aryl methyl sites for hydroxylation is 1. The van der Waals surface area contributed by atoms with E-state index in [0.29, 0.717) is 35.7 Å². The van der Waals surface area contributed by atoms with Crippen molar-refractivity contribution in [3.05, 3.63) is 70.3 Å². The maximum absolute atomic E-state index is 13.8. The van der Waals surface area contributed by atoms with Crippen LogP contribution in [0.1, 0.15) is 16.2 Å². The molecular weight excluding hydrogens is 450 g/mol. The number of para-hydroxylation sites is 1. The minimum Gasteiger partial charge on any atom is -0.494 e. The van der Waals surface area contributed by atoms with E-state index in [4.69, 9.17) is 13.9 Å². The zero-order chi connectivity index (χ0) is 24.1. The summed E-state index contributed by atoms with van der Waals surface area (Å²) in [5.74, 6) is -0.0220. The molecule has 10 nitrogen and oxygen atoms in total. The van der Waals surface area contributed by atoms with E-state index < -0.39 is 11.5 Å². The monoisotopic (exact) mass is 471 g/mol. The number of H-pyrrole nitrogens is 1. The van der Waals surface area contributed by atoms with E-state index in [9.17, 15) is 9.59 Å². The van der Waals surface area contributed by atoms with E-state index in [1.165, 1.54) is 11.6 Å². The van der Waals surface area contributed by atoms with Gasteiger partial charge in [0.25, 0.3) is 11.5 Å². The van der Waals surface area contributed by atoms with E-state index in [0.717, 1.165) is 16.8 Å². The fourth-order valence-electron chi connectivity index (χ4n) is 4.26. The number of benzene rings is 2. The van der Waals surface area contributed by atoms with Crippen molar-refractivity contribution in [2.45, 2.75) is 13.0 Å². The molecular formula is C25H21N5O5. The Bertz CT molecular complexity index is 1650. The second-order valence-corrected chi connectivity index (χ2v) is 8.31. The summed E-state index contributed by atoms with van der Waals surface area (Å²) < 4.78 is 17.8. The van der Waals surface area contributed by atoms with Gasteiger partial charge >= 0.3 is 0 Å². The molecule has 0 atom stereocenters. The van der Waals surface area contributed by atoms with Crippen LogP contribution in [0.2, 0.25) is 0 Å². The summed E-state index contributed by atoms with van der Waals surface area (Å²) in [5, 5.41) is 5.96. The first-order valence-electron chi connectivity index (χ1n) is 11.1. The fraction of sp³-hybridized carbons (Fsp3) is 0.200. The highest BCUT2D eigenvalue weighted by molar-refractivity contribution is 6.00. The van der Waals surface area contributed by atoms with Crippen LogP contribution < -0.4 is 15.6 Å². The Morgan fingerprint density at radius 1 is 1.11 bits per heavy atom. The summed E-state index contributed by atoms with van der Waals surface area (Å²) in [5.41, 5.74) is 2.94. The Morgan fingerprint density at radius 2 is 1.91 bits per heavy atom. The smallest absolute Gasteiger partial charge is 0.286 e.